The maximum atomic E-state index is 12.4. The van der Waals surface area contributed by atoms with Crippen molar-refractivity contribution in [1.29, 1.82) is 0 Å². The fourth-order valence-electron chi connectivity index (χ4n) is 2.72. The lowest BCUT2D eigenvalue weighted by Crippen LogP contribution is -2.33. The summed E-state index contributed by atoms with van der Waals surface area (Å²) < 4.78 is 1.92. The number of hydrogen-bond donors (Lipinski definition) is 2. The van der Waals surface area contributed by atoms with Gasteiger partial charge < -0.3 is 11.1 Å². The maximum Gasteiger partial charge on any atom is 0.251 e. The first-order valence-electron chi connectivity index (χ1n) is 7.74. The van der Waals surface area contributed by atoms with E-state index < -0.39 is 0 Å². The Morgan fingerprint density at radius 1 is 1.39 bits per heavy atom. The number of fused-ring (bicyclic) bond motifs is 1. The van der Waals surface area contributed by atoms with Crippen LogP contribution in [0.5, 0.6) is 0 Å². The van der Waals surface area contributed by atoms with Crippen molar-refractivity contribution in [2.24, 2.45) is 5.73 Å². The second-order valence-electron chi connectivity index (χ2n) is 5.53. The number of aromatic nitrogens is 3. The van der Waals surface area contributed by atoms with E-state index in [4.69, 9.17) is 5.73 Å². The fourth-order valence-corrected chi connectivity index (χ4v) is 2.72. The molecule has 0 bridgehead atoms. The zero-order chi connectivity index (χ0) is 15.5. The highest BCUT2D eigenvalue weighted by atomic mass is 35.5. The van der Waals surface area contributed by atoms with E-state index >= 15 is 0 Å². The van der Waals surface area contributed by atoms with Gasteiger partial charge in [0.15, 0.2) is 5.82 Å². The van der Waals surface area contributed by atoms with Crippen LogP contribution < -0.4 is 11.1 Å². The first kappa shape index (κ1) is 17.4. The standard InChI is InChI=1S/C16H21N5O.ClH/c1-2-14-19-15-13(4-3-9-21(15)20-14)18-16(22)12-7-5-11(10-17)6-8-12;/h5-8,13H,2-4,9-10,17H2,1H3,(H,18,22);1H. The van der Waals surface area contributed by atoms with Crippen LogP contribution in [0.25, 0.3) is 0 Å². The second-order valence-corrected chi connectivity index (χ2v) is 5.53. The van der Waals surface area contributed by atoms with Crippen molar-refractivity contribution in [2.45, 2.75) is 45.3 Å². The van der Waals surface area contributed by atoms with Crippen molar-refractivity contribution in [3.8, 4) is 0 Å². The molecule has 23 heavy (non-hydrogen) atoms. The van der Waals surface area contributed by atoms with Crippen LogP contribution in [-0.4, -0.2) is 20.7 Å². The molecular formula is C16H22ClN5O. The summed E-state index contributed by atoms with van der Waals surface area (Å²) in [6.07, 6.45) is 2.70. The van der Waals surface area contributed by atoms with Gasteiger partial charge in [0.1, 0.15) is 5.82 Å². The lowest BCUT2D eigenvalue weighted by atomic mass is 10.1. The smallest absolute Gasteiger partial charge is 0.251 e. The number of carbonyl (C=O) groups is 1. The molecule has 2 heterocycles. The topological polar surface area (TPSA) is 85.8 Å². The first-order chi connectivity index (χ1) is 10.7. The van der Waals surface area contributed by atoms with E-state index in [1.165, 1.54) is 0 Å². The van der Waals surface area contributed by atoms with Crippen molar-refractivity contribution in [2.75, 3.05) is 0 Å². The molecule has 3 N–H and O–H groups in total. The maximum absolute atomic E-state index is 12.4. The third kappa shape index (κ3) is 3.71. The summed E-state index contributed by atoms with van der Waals surface area (Å²) in [5.41, 5.74) is 7.23. The van der Waals surface area contributed by atoms with Crippen molar-refractivity contribution in [3.05, 3.63) is 47.0 Å². The molecule has 7 heteroatoms. The van der Waals surface area contributed by atoms with E-state index in [0.29, 0.717) is 12.1 Å². The van der Waals surface area contributed by atoms with Gasteiger partial charge in [-0.15, -0.1) is 12.4 Å². The first-order valence-corrected chi connectivity index (χ1v) is 7.74. The summed E-state index contributed by atoms with van der Waals surface area (Å²) in [5.74, 6) is 1.63. The number of nitrogens with zero attached hydrogens (tertiary/aromatic N) is 3. The SMILES string of the molecule is CCc1nc2n(n1)CCCC2NC(=O)c1ccc(CN)cc1.Cl. The van der Waals surface area contributed by atoms with Gasteiger partial charge in [0.25, 0.3) is 5.91 Å². The van der Waals surface area contributed by atoms with E-state index in [2.05, 4.69) is 15.4 Å². The number of nitrogens with one attached hydrogen (secondary N) is 1. The van der Waals surface area contributed by atoms with Gasteiger partial charge in [-0.25, -0.2) is 9.67 Å². The van der Waals surface area contributed by atoms with Gasteiger partial charge in [-0.1, -0.05) is 19.1 Å². The van der Waals surface area contributed by atoms with Gasteiger partial charge in [0, 0.05) is 25.1 Å². The summed E-state index contributed by atoms with van der Waals surface area (Å²) in [5, 5.41) is 7.54. The van der Waals surface area contributed by atoms with Crippen molar-refractivity contribution in [1.82, 2.24) is 20.1 Å². The normalized spacial score (nSPS) is 16.3. The molecule has 124 valence electrons. The lowest BCUT2D eigenvalue weighted by Gasteiger charge is -2.23. The minimum Gasteiger partial charge on any atom is -0.342 e. The number of nitrogens with two attached hydrogens (primary N) is 1. The molecule has 0 radical (unpaired) electrons. The molecule has 0 aliphatic carbocycles. The highest BCUT2D eigenvalue weighted by Crippen LogP contribution is 2.23. The van der Waals surface area contributed by atoms with Crippen LogP contribution in [0.4, 0.5) is 0 Å². The monoisotopic (exact) mass is 335 g/mol. The van der Waals surface area contributed by atoms with E-state index in [9.17, 15) is 4.79 Å². The molecule has 0 saturated heterocycles. The van der Waals surface area contributed by atoms with Crippen LogP contribution in [0.3, 0.4) is 0 Å². The van der Waals surface area contributed by atoms with Crippen LogP contribution >= 0.6 is 12.4 Å². The molecule has 3 rings (SSSR count). The zero-order valence-electron chi connectivity index (χ0n) is 13.2. The van der Waals surface area contributed by atoms with Crippen LogP contribution in [0, 0.1) is 0 Å². The Bertz CT molecular complexity index is 668. The molecule has 1 aromatic heterocycles. The molecule has 0 spiro atoms. The van der Waals surface area contributed by atoms with Gasteiger partial charge in [-0.05, 0) is 30.5 Å². The van der Waals surface area contributed by atoms with E-state index in [0.717, 1.165) is 43.0 Å². The molecule has 1 unspecified atom stereocenters. The molecule has 0 saturated carbocycles. The Morgan fingerprint density at radius 3 is 2.78 bits per heavy atom. The third-order valence-corrected chi connectivity index (χ3v) is 3.99. The highest BCUT2D eigenvalue weighted by molar-refractivity contribution is 5.94. The highest BCUT2D eigenvalue weighted by Gasteiger charge is 2.25. The van der Waals surface area contributed by atoms with Crippen molar-refractivity contribution < 1.29 is 4.79 Å². The zero-order valence-corrected chi connectivity index (χ0v) is 14.0. The molecule has 1 aliphatic rings. The number of halogens is 1. The third-order valence-electron chi connectivity index (χ3n) is 3.99. The summed E-state index contributed by atoms with van der Waals surface area (Å²) in [6.45, 7) is 3.39. The minimum atomic E-state index is -0.0805. The summed E-state index contributed by atoms with van der Waals surface area (Å²) in [6, 6.07) is 7.31. The second kappa shape index (κ2) is 7.57. The molecular weight excluding hydrogens is 314 g/mol. The predicted molar refractivity (Wildman–Crippen MR) is 90.4 cm³/mol. The van der Waals surface area contributed by atoms with Gasteiger partial charge >= 0.3 is 0 Å². The summed E-state index contributed by atoms with van der Waals surface area (Å²) in [4.78, 5) is 16.9. The Balaban J connectivity index is 0.00000192. The molecule has 1 atom stereocenters. The fraction of sp³-hybridized carbons (Fsp3) is 0.438. The summed E-state index contributed by atoms with van der Waals surface area (Å²) >= 11 is 0. The molecule has 1 amide bonds. The van der Waals surface area contributed by atoms with Crippen LogP contribution in [0.15, 0.2) is 24.3 Å². The average molecular weight is 336 g/mol. The van der Waals surface area contributed by atoms with Crippen molar-refractivity contribution >= 4 is 18.3 Å². The Labute approximate surface area is 141 Å². The quantitative estimate of drug-likeness (QED) is 0.894. The van der Waals surface area contributed by atoms with Crippen molar-refractivity contribution in [3.63, 3.8) is 0 Å². The number of aryl methyl sites for hydroxylation is 2. The summed E-state index contributed by atoms with van der Waals surface area (Å²) in [7, 11) is 0. The van der Waals surface area contributed by atoms with Gasteiger partial charge in [0.05, 0.1) is 6.04 Å². The predicted octanol–water partition coefficient (Wildman–Crippen LogP) is 1.99. The minimum absolute atomic E-state index is 0. The molecule has 6 nitrogen and oxygen atoms in total. The molecule has 2 aromatic rings. The number of rotatable bonds is 4. The number of amides is 1. The van der Waals surface area contributed by atoms with Crippen LogP contribution in [0.1, 0.15) is 53.4 Å². The van der Waals surface area contributed by atoms with Gasteiger partial charge in [-0.3, -0.25) is 4.79 Å². The Kier molecular flexibility index (Phi) is 5.74. The number of carbonyl (C=O) groups excluding carboxylic acids is 1. The van der Waals surface area contributed by atoms with Gasteiger partial charge in [0.2, 0.25) is 0 Å². The van der Waals surface area contributed by atoms with E-state index in [1.54, 1.807) is 0 Å². The van der Waals surface area contributed by atoms with E-state index in [-0.39, 0.29) is 24.4 Å². The van der Waals surface area contributed by atoms with Crippen LogP contribution in [-0.2, 0) is 19.5 Å². The van der Waals surface area contributed by atoms with Crippen LogP contribution in [0.2, 0.25) is 0 Å². The Morgan fingerprint density at radius 2 is 2.13 bits per heavy atom. The molecule has 0 fully saturated rings. The van der Waals surface area contributed by atoms with E-state index in [1.807, 2.05) is 35.9 Å². The average Bonchev–Trinajstić information content (AvgIpc) is 2.99. The lowest BCUT2D eigenvalue weighted by molar-refractivity contribution is 0.0927. The van der Waals surface area contributed by atoms with Gasteiger partial charge in [-0.2, -0.15) is 5.10 Å². The number of hydrogen-bond acceptors (Lipinski definition) is 4. The number of benzene rings is 1. The molecule has 1 aliphatic heterocycles. The largest absolute Gasteiger partial charge is 0.342 e. The Hall–Kier alpha value is -1.92. The molecule has 1 aromatic carbocycles.